The third-order valence-electron chi connectivity index (χ3n) is 1.28. The molecule has 1 heterocycles. The van der Waals surface area contributed by atoms with E-state index in [1.807, 2.05) is 0 Å². The number of nitrogens with zero attached hydrogens (tertiary/aromatic N) is 2. The van der Waals surface area contributed by atoms with Crippen LogP contribution >= 0.6 is 11.6 Å². The molecule has 0 atom stereocenters. The largest absolute Gasteiger partial charge is 0.293 e. The average molecular weight is 171 g/mol. The van der Waals surface area contributed by atoms with Gasteiger partial charge in [-0.1, -0.05) is 0 Å². The minimum atomic E-state index is -0.0909. The zero-order chi connectivity index (χ0) is 8.43. The highest BCUT2D eigenvalue weighted by molar-refractivity contribution is 6.28. The number of carbonyl (C=O) groups is 1. The molecule has 4 heteroatoms. The lowest BCUT2D eigenvalue weighted by molar-refractivity contribution is 0.101. The fourth-order valence-corrected chi connectivity index (χ4v) is 0.910. The predicted molar refractivity (Wildman–Crippen MR) is 41.8 cm³/mol. The number of ketones is 1. The Kier molecular flexibility index (Phi) is 2.19. The first-order valence-electron chi connectivity index (χ1n) is 3.11. The van der Waals surface area contributed by atoms with E-state index in [4.69, 9.17) is 11.6 Å². The van der Waals surface area contributed by atoms with Crippen molar-refractivity contribution in [3.8, 4) is 0 Å². The Balaban J connectivity index is 3.23. The fraction of sp³-hybridized carbons (Fsp3) is 0.286. The standard InChI is InChI=1S/C7H7ClN2O/c1-4-3-9-7(8)10-6(4)5(2)11/h3H,1-2H3. The van der Waals surface area contributed by atoms with E-state index < -0.39 is 0 Å². The van der Waals surface area contributed by atoms with E-state index in [0.717, 1.165) is 5.56 Å². The summed E-state index contributed by atoms with van der Waals surface area (Å²) in [5.41, 5.74) is 1.15. The summed E-state index contributed by atoms with van der Waals surface area (Å²) in [7, 11) is 0. The Labute approximate surface area is 69.4 Å². The molecule has 58 valence electrons. The summed E-state index contributed by atoms with van der Waals surface area (Å²) in [6.07, 6.45) is 1.53. The van der Waals surface area contributed by atoms with Gasteiger partial charge in [0.25, 0.3) is 0 Å². The van der Waals surface area contributed by atoms with E-state index in [1.54, 1.807) is 6.92 Å². The molecular formula is C7H7ClN2O. The number of rotatable bonds is 1. The maximum Gasteiger partial charge on any atom is 0.223 e. The summed E-state index contributed by atoms with van der Waals surface area (Å²) in [5, 5.41) is 0.112. The first-order chi connectivity index (χ1) is 5.11. The number of Topliss-reactive ketones (excluding diaryl/α,β-unsaturated/α-hetero) is 1. The zero-order valence-electron chi connectivity index (χ0n) is 6.26. The Bertz CT molecular complexity index is 298. The Hall–Kier alpha value is -0.960. The molecule has 11 heavy (non-hydrogen) atoms. The fourth-order valence-electron chi connectivity index (χ4n) is 0.777. The molecule has 0 aliphatic rings. The van der Waals surface area contributed by atoms with E-state index in [2.05, 4.69) is 9.97 Å². The van der Waals surface area contributed by atoms with Crippen LogP contribution in [-0.4, -0.2) is 15.8 Å². The van der Waals surface area contributed by atoms with Gasteiger partial charge in [-0.25, -0.2) is 9.97 Å². The Morgan fingerprint density at radius 2 is 2.27 bits per heavy atom. The molecule has 0 saturated heterocycles. The molecule has 1 aromatic heterocycles. The van der Waals surface area contributed by atoms with Crippen LogP contribution in [-0.2, 0) is 0 Å². The van der Waals surface area contributed by atoms with Crippen molar-refractivity contribution in [2.75, 3.05) is 0 Å². The van der Waals surface area contributed by atoms with Crippen molar-refractivity contribution < 1.29 is 4.79 Å². The van der Waals surface area contributed by atoms with Crippen molar-refractivity contribution in [1.29, 1.82) is 0 Å². The van der Waals surface area contributed by atoms with Gasteiger partial charge in [-0.3, -0.25) is 4.79 Å². The highest BCUT2D eigenvalue weighted by atomic mass is 35.5. The second-order valence-electron chi connectivity index (χ2n) is 2.23. The van der Waals surface area contributed by atoms with Crippen molar-refractivity contribution in [1.82, 2.24) is 9.97 Å². The lowest BCUT2D eigenvalue weighted by atomic mass is 10.2. The first kappa shape index (κ1) is 8.14. The van der Waals surface area contributed by atoms with Crippen LogP contribution in [0.3, 0.4) is 0 Å². The highest BCUT2D eigenvalue weighted by Gasteiger charge is 2.05. The molecule has 0 unspecified atom stereocenters. The van der Waals surface area contributed by atoms with E-state index in [0.29, 0.717) is 5.69 Å². The minimum absolute atomic E-state index is 0.0909. The molecule has 0 aliphatic heterocycles. The van der Waals surface area contributed by atoms with Gasteiger partial charge in [-0.2, -0.15) is 0 Å². The van der Waals surface area contributed by atoms with Crippen LogP contribution in [0.2, 0.25) is 5.28 Å². The number of aromatic nitrogens is 2. The highest BCUT2D eigenvalue weighted by Crippen LogP contribution is 2.07. The topological polar surface area (TPSA) is 42.9 Å². The molecule has 0 aromatic carbocycles. The number of carbonyl (C=O) groups excluding carboxylic acids is 1. The third kappa shape index (κ3) is 1.74. The second-order valence-corrected chi connectivity index (χ2v) is 2.56. The van der Waals surface area contributed by atoms with Crippen molar-refractivity contribution in [3.05, 3.63) is 22.7 Å². The molecule has 0 N–H and O–H groups in total. The van der Waals surface area contributed by atoms with Gasteiger partial charge in [-0.05, 0) is 24.1 Å². The molecule has 0 saturated carbocycles. The molecule has 3 nitrogen and oxygen atoms in total. The molecule has 1 rings (SSSR count). The molecule has 0 aliphatic carbocycles. The average Bonchev–Trinajstić information content (AvgIpc) is 1.94. The quantitative estimate of drug-likeness (QED) is 0.475. The lowest BCUT2D eigenvalue weighted by Crippen LogP contribution is -2.01. The van der Waals surface area contributed by atoms with Crippen LogP contribution in [0.1, 0.15) is 23.0 Å². The van der Waals surface area contributed by atoms with Gasteiger partial charge < -0.3 is 0 Å². The van der Waals surface area contributed by atoms with Gasteiger partial charge in [0.15, 0.2) is 5.78 Å². The first-order valence-corrected chi connectivity index (χ1v) is 3.49. The van der Waals surface area contributed by atoms with Gasteiger partial charge in [0.05, 0.1) is 0 Å². The Morgan fingerprint density at radius 1 is 1.64 bits per heavy atom. The van der Waals surface area contributed by atoms with E-state index >= 15 is 0 Å². The van der Waals surface area contributed by atoms with Crippen LogP contribution in [0.5, 0.6) is 0 Å². The van der Waals surface area contributed by atoms with Crippen molar-refractivity contribution in [3.63, 3.8) is 0 Å². The van der Waals surface area contributed by atoms with Gasteiger partial charge in [0, 0.05) is 13.1 Å². The normalized spacial score (nSPS) is 9.73. The van der Waals surface area contributed by atoms with Crippen molar-refractivity contribution in [2.45, 2.75) is 13.8 Å². The number of halogens is 1. The van der Waals surface area contributed by atoms with E-state index in [9.17, 15) is 4.79 Å². The van der Waals surface area contributed by atoms with Crippen LogP contribution < -0.4 is 0 Å². The predicted octanol–water partition coefficient (Wildman–Crippen LogP) is 1.64. The maximum absolute atomic E-state index is 10.9. The SMILES string of the molecule is CC(=O)c1nc(Cl)ncc1C. The summed E-state index contributed by atoms with van der Waals surface area (Å²) < 4.78 is 0. The lowest BCUT2D eigenvalue weighted by Gasteiger charge is -1.98. The van der Waals surface area contributed by atoms with Gasteiger partial charge in [0.2, 0.25) is 5.28 Å². The Morgan fingerprint density at radius 3 is 2.73 bits per heavy atom. The number of hydrogen-bond acceptors (Lipinski definition) is 3. The minimum Gasteiger partial charge on any atom is -0.293 e. The van der Waals surface area contributed by atoms with Crippen molar-refractivity contribution in [2.24, 2.45) is 0 Å². The zero-order valence-corrected chi connectivity index (χ0v) is 7.01. The molecule has 0 amide bonds. The summed E-state index contributed by atoms with van der Waals surface area (Å²) in [6, 6.07) is 0. The molecule has 0 bridgehead atoms. The van der Waals surface area contributed by atoms with Gasteiger partial charge in [-0.15, -0.1) is 0 Å². The summed E-state index contributed by atoms with van der Waals surface area (Å²) in [6.45, 7) is 3.22. The second kappa shape index (κ2) is 2.96. The van der Waals surface area contributed by atoms with Gasteiger partial charge in [0.1, 0.15) is 5.69 Å². The molecule has 0 spiro atoms. The maximum atomic E-state index is 10.9. The monoisotopic (exact) mass is 170 g/mol. The molecule has 0 radical (unpaired) electrons. The van der Waals surface area contributed by atoms with Crippen LogP contribution in [0.25, 0.3) is 0 Å². The van der Waals surface area contributed by atoms with Gasteiger partial charge >= 0.3 is 0 Å². The number of aryl methyl sites for hydroxylation is 1. The smallest absolute Gasteiger partial charge is 0.223 e. The number of hydrogen-bond donors (Lipinski definition) is 0. The molecule has 0 fully saturated rings. The van der Waals surface area contributed by atoms with Crippen LogP contribution in [0.4, 0.5) is 0 Å². The molecule has 1 aromatic rings. The summed E-state index contributed by atoms with van der Waals surface area (Å²) in [5.74, 6) is -0.0909. The summed E-state index contributed by atoms with van der Waals surface area (Å²) >= 11 is 5.49. The summed E-state index contributed by atoms with van der Waals surface area (Å²) in [4.78, 5) is 18.4. The van der Waals surface area contributed by atoms with E-state index in [1.165, 1.54) is 13.1 Å². The van der Waals surface area contributed by atoms with E-state index in [-0.39, 0.29) is 11.1 Å². The van der Waals surface area contributed by atoms with Crippen LogP contribution in [0.15, 0.2) is 6.20 Å². The van der Waals surface area contributed by atoms with Crippen LogP contribution in [0, 0.1) is 6.92 Å². The third-order valence-corrected chi connectivity index (χ3v) is 1.46. The van der Waals surface area contributed by atoms with Crippen molar-refractivity contribution >= 4 is 17.4 Å². The molecular weight excluding hydrogens is 164 g/mol.